The maximum atomic E-state index is 13.3. The van der Waals surface area contributed by atoms with Crippen LogP contribution < -0.4 is 14.2 Å². The normalized spacial score (nSPS) is 27.8. The van der Waals surface area contributed by atoms with Crippen LogP contribution in [-0.4, -0.2) is 38.3 Å². The van der Waals surface area contributed by atoms with Gasteiger partial charge in [0.05, 0.1) is 9.30 Å². The third kappa shape index (κ3) is 3.56. The van der Waals surface area contributed by atoms with E-state index in [1.807, 2.05) is 7.05 Å². The minimum absolute atomic E-state index is 0.120. The molecular formula is C20H22FNO3. The zero-order chi connectivity index (χ0) is 20.8. The van der Waals surface area contributed by atoms with Crippen LogP contribution >= 0.6 is 0 Å². The molecule has 2 aromatic carbocycles. The highest BCUT2D eigenvalue weighted by molar-refractivity contribution is 5.46. The number of nitrogens with zero attached hydrogens (tertiary/aromatic N) is 1. The van der Waals surface area contributed by atoms with E-state index in [1.54, 1.807) is 12.1 Å². The van der Waals surface area contributed by atoms with Crippen molar-refractivity contribution in [1.29, 1.82) is 0 Å². The van der Waals surface area contributed by atoms with Crippen molar-refractivity contribution in [2.24, 2.45) is 5.92 Å². The predicted octanol–water partition coefficient (Wildman–Crippen LogP) is 3.67. The van der Waals surface area contributed by atoms with E-state index in [2.05, 4.69) is 4.90 Å². The maximum absolute atomic E-state index is 13.3. The number of ether oxygens (including phenoxy) is 3. The van der Waals surface area contributed by atoms with Gasteiger partial charge in [0.15, 0.2) is 11.5 Å². The molecule has 2 heterocycles. The molecule has 0 spiro atoms. The van der Waals surface area contributed by atoms with Gasteiger partial charge in [-0.2, -0.15) is 0 Å². The zero-order valence-electron chi connectivity index (χ0n) is 17.9. The van der Waals surface area contributed by atoms with Crippen molar-refractivity contribution in [3.8, 4) is 17.2 Å². The first-order valence-corrected chi connectivity index (χ1v) is 8.28. The first-order valence-electron chi connectivity index (χ1n) is 10.3. The lowest BCUT2D eigenvalue weighted by Crippen LogP contribution is -2.39. The van der Waals surface area contributed by atoms with Gasteiger partial charge in [-0.05, 0) is 55.8 Å². The highest BCUT2D eigenvalue weighted by Crippen LogP contribution is 2.37. The summed E-state index contributed by atoms with van der Waals surface area (Å²) in [5.41, 5.74) is 0.885. The van der Waals surface area contributed by atoms with Crippen LogP contribution in [0.25, 0.3) is 0 Å². The molecule has 0 unspecified atom stereocenters. The molecule has 132 valence electrons. The number of hydrogen-bond acceptors (Lipinski definition) is 4. The molecule has 25 heavy (non-hydrogen) atoms. The molecule has 0 saturated carbocycles. The second kappa shape index (κ2) is 6.92. The average molecular weight is 347 g/mol. The predicted molar refractivity (Wildman–Crippen MR) is 92.8 cm³/mol. The summed E-state index contributed by atoms with van der Waals surface area (Å²) >= 11 is 0. The molecule has 5 heteroatoms. The lowest BCUT2D eigenvalue weighted by Gasteiger charge is -2.37. The molecular weight excluding hydrogens is 321 g/mol. The Kier molecular flexibility index (Phi) is 3.36. The Balaban J connectivity index is 1.58. The minimum Gasteiger partial charge on any atom is -0.493 e. The Morgan fingerprint density at radius 1 is 1.24 bits per heavy atom. The summed E-state index contributed by atoms with van der Waals surface area (Å²) in [5, 5.41) is 0. The number of benzene rings is 2. The number of fused-ring (bicyclic) bond motifs is 1. The Morgan fingerprint density at radius 2 is 2.04 bits per heavy atom. The van der Waals surface area contributed by atoms with E-state index in [0.717, 1.165) is 18.5 Å². The van der Waals surface area contributed by atoms with Crippen molar-refractivity contribution in [2.45, 2.75) is 12.3 Å². The van der Waals surface area contributed by atoms with Crippen molar-refractivity contribution in [3.05, 3.63) is 53.8 Å². The van der Waals surface area contributed by atoms with E-state index >= 15 is 0 Å². The van der Waals surface area contributed by atoms with Gasteiger partial charge in [0.25, 0.3) is 0 Å². The third-order valence-electron chi connectivity index (χ3n) is 4.66. The van der Waals surface area contributed by atoms with Crippen LogP contribution in [0, 0.1) is 11.7 Å². The van der Waals surface area contributed by atoms with Gasteiger partial charge < -0.3 is 19.1 Å². The van der Waals surface area contributed by atoms with Crippen LogP contribution in [0.3, 0.4) is 0 Å². The molecule has 4 rings (SSSR count). The van der Waals surface area contributed by atoms with Crippen molar-refractivity contribution in [2.75, 3.05) is 33.4 Å². The second-order valence-corrected chi connectivity index (χ2v) is 6.43. The molecule has 1 fully saturated rings. The smallest absolute Gasteiger partial charge is 0.231 e. The van der Waals surface area contributed by atoms with Gasteiger partial charge in [-0.25, -0.2) is 4.39 Å². The maximum Gasteiger partial charge on any atom is 0.231 e. The lowest BCUT2D eigenvalue weighted by molar-refractivity contribution is 0.129. The van der Waals surface area contributed by atoms with Gasteiger partial charge in [0.2, 0.25) is 6.75 Å². The summed E-state index contributed by atoms with van der Waals surface area (Å²) < 4.78 is 61.5. The van der Waals surface area contributed by atoms with Crippen LogP contribution in [-0.2, 0) is 0 Å². The van der Waals surface area contributed by atoms with E-state index in [9.17, 15) is 4.39 Å². The molecule has 0 aliphatic carbocycles. The molecule has 0 amide bonds. The fourth-order valence-electron chi connectivity index (χ4n) is 3.31. The number of piperidine rings is 1. The molecule has 4 nitrogen and oxygen atoms in total. The number of hydrogen-bond donors (Lipinski definition) is 0. The van der Waals surface area contributed by atoms with E-state index in [4.69, 9.17) is 19.7 Å². The largest absolute Gasteiger partial charge is 0.493 e. The van der Waals surface area contributed by atoms with Gasteiger partial charge in [-0.15, -0.1) is 0 Å². The number of halogens is 1. The Labute approximate surface area is 152 Å². The van der Waals surface area contributed by atoms with Gasteiger partial charge in [-0.1, -0.05) is 12.1 Å². The van der Waals surface area contributed by atoms with Gasteiger partial charge >= 0.3 is 0 Å². The van der Waals surface area contributed by atoms with E-state index < -0.39 is 19.2 Å². The zero-order valence-corrected chi connectivity index (χ0v) is 13.9. The Bertz CT molecular complexity index is 894. The summed E-state index contributed by atoms with van der Waals surface area (Å²) in [5.74, 6) is -0.295. The summed E-state index contributed by atoms with van der Waals surface area (Å²) in [6.45, 7) is -2.96. The molecule has 0 bridgehead atoms. The Morgan fingerprint density at radius 3 is 2.88 bits per heavy atom. The summed E-state index contributed by atoms with van der Waals surface area (Å²) in [6.07, 6.45) is 0.733. The molecule has 1 saturated heterocycles. The molecule has 0 radical (unpaired) electrons. The summed E-state index contributed by atoms with van der Waals surface area (Å²) in [6, 6.07) is 10.7. The average Bonchev–Trinajstić information content (AvgIpc) is 2.95. The minimum atomic E-state index is -2.25. The first kappa shape index (κ1) is 12.1. The Hall–Kier alpha value is -2.27. The topological polar surface area (TPSA) is 30.9 Å². The molecule has 0 aromatic heterocycles. The van der Waals surface area contributed by atoms with Gasteiger partial charge in [-0.3, -0.25) is 0 Å². The highest BCUT2D eigenvalue weighted by atomic mass is 19.1. The first-order chi connectivity index (χ1) is 13.6. The van der Waals surface area contributed by atoms with Crippen molar-refractivity contribution in [3.63, 3.8) is 0 Å². The van der Waals surface area contributed by atoms with Crippen LogP contribution in [0.4, 0.5) is 4.39 Å². The number of rotatable bonds is 4. The monoisotopic (exact) mass is 347 g/mol. The van der Waals surface area contributed by atoms with E-state index in [1.165, 1.54) is 30.3 Å². The fraction of sp³-hybridized carbons (Fsp3) is 0.400. The highest BCUT2D eigenvalue weighted by Gasteiger charge is 2.29. The molecule has 2 aliphatic heterocycles. The summed E-state index contributed by atoms with van der Waals surface area (Å²) in [4.78, 5) is 2.06. The van der Waals surface area contributed by atoms with Crippen LogP contribution in [0.2, 0.25) is 0 Å². The molecule has 0 N–H and O–H groups in total. The lowest BCUT2D eigenvalue weighted by atomic mass is 9.81. The molecule has 2 atom stereocenters. The van der Waals surface area contributed by atoms with E-state index in [0.29, 0.717) is 6.54 Å². The molecule has 2 aromatic rings. The van der Waals surface area contributed by atoms with E-state index in [-0.39, 0.29) is 29.0 Å². The van der Waals surface area contributed by atoms with Crippen LogP contribution in [0.15, 0.2) is 42.5 Å². The SMILES string of the molecule is [2H]C1([2H])Oc2ccc(OC([2H])([2H])[C@@H]3CN(C)CC[C@H]3c3ccc(F)cc3)cc2O1. The van der Waals surface area contributed by atoms with Crippen LogP contribution in [0.5, 0.6) is 17.2 Å². The van der Waals surface area contributed by atoms with Crippen molar-refractivity contribution in [1.82, 2.24) is 4.90 Å². The quantitative estimate of drug-likeness (QED) is 0.844. The van der Waals surface area contributed by atoms with Gasteiger partial charge in [0, 0.05) is 18.5 Å². The molecule has 2 aliphatic rings. The van der Waals surface area contributed by atoms with Crippen molar-refractivity contribution >= 4 is 0 Å². The summed E-state index contributed by atoms with van der Waals surface area (Å²) in [7, 11) is 1.94. The van der Waals surface area contributed by atoms with Crippen molar-refractivity contribution < 1.29 is 24.1 Å². The second-order valence-electron chi connectivity index (χ2n) is 6.43. The van der Waals surface area contributed by atoms with Gasteiger partial charge in [0.1, 0.15) is 14.3 Å². The number of likely N-dealkylation sites (tertiary alicyclic amines) is 1. The third-order valence-corrected chi connectivity index (χ3v) is 4.66. The fourth-order valence-corrected chi connectivity index (χ4v) is 3.31. The van der Waals surface area contributed by atoms with Crippen LogP contribution in [0.1, 0.15) is 23.4 Å². The standard InChI is InChI=1S/C20H22FNO3/c1-22-9-8-18(14-2-4-16(21)5-3-14)15(11-22)12-23-17-6-7-19-20(10-17)25-13-24-19/h2-7,10,15,18H,8-9,11-13H2,1H3/t15-,18-/m0/s1/i12D2,13D2.